The SMILES string of the molecule is CSc1nc2n(n1)[C@H](c1ccc(C)cc1)[C@H]1C(=O)CCC=C1N2. The molecule has 1 aliphatic heterocycles. The van der Waals surface area contributed by atoms with Crippen molar-refractivity contribution in [2.45, 2.75) is 31.0 Å². The zero-order valence-corrected chi connectivity index (χ0v) is 13.9. The van der Waals surface area contributed by atoms with Crippen molar-refractivity contribution in [3.8, 4) is 0 Å². The van der Waals surface area contributed by atoms with E-state index in [0.717, 1.165) is 28.8 Å². The van der Waals surface area contributed by atoms with Crippen LogP contribution in [-0.2, 0) is 4.79 Å². The molecule has 2 atom stereocenters. The molecular weight excluding hydrogens is 308 g/mol. The number of Topliss-reactive ketones (excluding diaryl/α,β-unsaturated/α-hetero) is 1. The standard InChI is InChI=1S/C17H18N4OS/c1-10-6-8-11(9-7-10)15-14-12(4-3-5-13(14)22)18-16-19-17(23-2)20-21(15)16/h4,6-9,14-15H,3,5H2,1-2H3,(H,18,19,20)/t14-,15-/m1/s1. The van der Waals surface area contributed by atoms with Gasteiger partial charge in [-0.15, -0.1) is 5.10 Å². The molecule has 1 aromatic carbocycles. The number of rotatable bonds is 2. The van der Waals surface area contributed by atoms with E-state index >= 15 is 0 Å². The number of aromatic nitrogens is 3. The number of ketones is 1. The molecule has 2 heterocycles. The van der Waals surface area contributed by atoms with E-state index in [4.69, 9.17) is 0 Å². The van der Waals surface area contributed by atoms with Crippen molar-refractivity contribution in [3.05, 3.63) is 47.2 Å². The van der Waals surface area contributed by atoms with Crippen molar-refractivity contribution in [1.29, 1.82) is 0 Å². The van der Waals surface area contributed by atoms with Crippen LogP contribution in [0.3, 0.4) is 0 Å². The summed E-state index contributed by atoms with van der Waals surface area (Å²) >= 11 is 1.51. The van der Waals surface area contributed by atoms with Gasteiger partial charge in [0, 0.05) is 12.1 Å². The number of carbonyl (C=O) groups excluding carboxylic acids is 1. The molecular formula is C17H18N4OS. The highest BCUT2D eigenvalue weighted by Gasteiger charge is 2.41. The minimum absolute atomic E-state index is 0.126. The Morgan fingerprint density at radius 1 is 1.30 bits per heavy atom. The van der Waals surface area contributed by atoms with Gasteiger partial charge in [0.1, 0.15) is 5.78 Å². The number of aryl methyl sites for hydroxylation is 1. The van der Waals surface area contributed by atoms with E-state index in [-0.39, 0.29) is 17.7 Å². The predicted octanol–water partition coefficient (Wildman–Crippen LogP) is 3.19. The van der Waals surface area contributed by atoms with Crippen LogP contribution >= 0.6 is 11.8 Å². The van der Waals surface area contributed by atoms with Gasteiger partial charge in [-0.05, 0) is 25.2 Å². The molecule has 0 spiro atoms. The molecule has 4 rings (SSSR count). The van der Waals surface area contributed by atoms with Gasteiger partial charge in [-0.3, -0.25) is 4.79 Å². The van der Waals surface area contributed by atoms with Gasteiger partial charge in [0.15, 0.2) is 0 Å². The Balaban J connectivity index is 1.89. The molecule has 0 fully saturated rings. The normalized spacial score (nSPS) is 22.9. The van der Waals surface area contributed by atoms with E-state index in [2.05, 4.69) is 52.7 Å². The Hall–Kier alpha value is -2.08. The molecule has 0 amide bonds. The fourth-order valence-electron chi connectivity index (χ4n) is 3.34. The van der Waals surface area contributed by atoms with Gasteiger partial charge in [0.2, 0.25) is 11.1 Å². The van der Waals surface area contributed by atoms with Crippen molar-refractivity contribution in [2.24, 2.45) is 5.92 Å². The maximum absolute atomic E-state index is 12.6. The highest BCUT2D eigenvalue weighted by atomic mass is 32.2. The molecule has 0 radical (unpaired) electrons. The maximum Gasteiger partial charge on any atom is 0.227 e. The van der Waals surface area contributed by atoms with E-state index in [9.17, 15) is 4.79 Å². The smallest absolute Gasteiger partial charge is 0.227 e. The summed E-state index contributed by atoms with van der Waals surface area (Å²) in [5.74, 6) is 0.792. The number of hydrogen-bond acceptors (Lipinski definition) is 5. The fraction of sp³-hybridized carbons (Fsp3) is 0.353. The van der Waals surface area contributed by atoms with Gasteiger partial charge >= 0.3 is 0 Å². The fourth-order valence-corrected chi connectivity index (χ4v) is 3.69. The van der Waals surface area contributed by atoms with E-state index < -0.39 is 0 Å². The van der Waals surface area contributed by atoms with Crippen molar-refractivity contribution in [1.82, 2.24) is 14.8 Å². The number of thioether (sulfide) groups is 1. The van der Waals surface area contributed by atoms with Gasteiger partial charge in [-0.2, -0.15) is 4.98 Å². The second-order valence-corrected chi connectivity index (χ2v) is 6.76. The summed E-state index contributed by atoms with van der Waals surface area (Å²) in [6.07, 6.45) is 5.48. The molecule has 23 heavy (non-hydrogen) atoms. The first-order chi connectivity index (χ1) is 11.2. The topological polar surface area (TPSA) is 59.8 Å². The Kier molecular flexibility index (Phi) is 3.49. The third-order valence-corrected chi connectivity index (χ3v) is 5.02. The van der Waals surface area contributed by atoms with Crippen LogP contribution in [0.1, 0.15) is 30.0 Å². The minimum Gasteiger partial charge on any atom is -0.328 e. The van der Waals surface area contributed by atoms with Crippen LogP contribution < -0.4 is 5.32 Å². The number of hydrogen-bond donors (Lipinski definition) is 1. The first-order valence-corrected chi connectivity index (χ1v) is 8.97. The predicted molar refractivity (Wildman–Crippen MR) is 90.6 cm³/mol. The lowest BCUT2D eigenvalue weighted by Gasteiger charge is -2.36. The van der Waals surface area contributed by atoms with Gasteiger partial charge < -0.3 is 5.32 Å². The second kappa shape index (κ2) is 5.53. The Morgan fingerprint density at radius 2 is 2.09 bits per heavy atom. The zero-order chi connectivity index (χ0) is 16.0. The third kappa shape index (κ3) is 2.37. The molecule has 1 aliphatic carbocycles. The van der Waals surface area contributed by atoms with Gasteiger partial charge in [-0.25, -0.2) is 4.68 Å². The van der Waals surface area contributed by atoms with Crippen LogP contribution in [0, 0.1) is 12.8 Å². The molecule has 2 aromatic rings. The van der Waals surface area contributed by atoms with Crippen LogP contribution in [0.15, 0.2) is 41.2 Å². The molecule has 5 nitrogen and oxygen atoms in total. The number of anilines is 1. The van der Waals surface area contributed by atoms with Gasteiger partial charge in [0.25, 0.3) is 0 Å². The first kappa shape index (κ1) is 14.5. The summed E-state index contributed by atoms with van der Waals surface area (Å²) in [5, 5.41) is 8.63. The van der Waals surface area contributed by atoms with E-state index in [1.807, 2.05) is 10.9 Å². The molecule has 118 valence electrons. The number of nitrogens with zero attached hydrogens (tertiary/aromatic N) is 3. The van der Waals surface area contributed by atoms with Crippen molar-refractivity contribution < 1.29 is 4.79 Å². The number of nitrogens with one attached hydrogen (secondary N) is 1. The largest absolute Gasteiger partial charge is 0.328 e. The van der Waals surface area contributed by atoms with Crippen LogP contribution in [0.2, 0.25) is 0 Å². The average Bonchev–Trinajstić information content (AvgIpc) is 2.97. The van der Waals surface area contributed by atoms with Crippen LogP contribution in [0.25, 0.3) is 0 Å². The maximum atomic E-state index is 12.6. The van der Waals surface area contributed by atoms with E-state index in [0.29, 0.717) is 6.42 Å². The Labute approximate surface area is 139 Å². The quantitative estimate of drug-likeness (QED) is 0.859. The van der Waals surface area contributed by atoms with Crippen molar-refractivity contribution in [2.75, 3.05) is 11.6 Å². The van der Waals surface area contributed by atoms with E-state index in [1.165, 1.54) is 17.3 Å². The van der Waals surface area contributed by atoms with E-state index in [1.54, 1.807) is 0 Å². The van der Waals surface area contributed by atoms with Crippen LogP contribution in [-0.4, -0.2) is 26.8 Å². The molecule has 2 aliphatic rings. The van der Waals surface area contributed by atoms with Crippen LogP contribution in [0.5, 0.6) is 0 Å². The summed E-state index contributed by atoms with van der Waals surface area (Å²) < 4.78 is 1.88. The third-order valence-electron chi connectivity index (χ3n) is 4.49. The lowest BCUT2D eigenvalue weighted by atomic mass is 9.81. The van der Waals surface area contributed by atoms with Crippen molar-refractivity contribution >= 4 is 23.5 Å². The first-order valence-electron chi connectivity index (χ1n) is 7.74. The Bertz CT molecular complexity index is 793. The zero-order valence-electron chi connectivity index (χ0n) is 13.1. The lowest BCUT2D eigenvalue weighted by Crippen LogP contribution is -2.38. The molecule has 1 aromatic heterocycles. The van der Waals surface area contributed by atoms with Gasteiger partial charge in [0.05, 0.1) is 12.0 Å². The highest BCUT2D eigenvalue weighted by Crippen LogP contribution is 2.41. The average molecular weight is 326 g/mol. The van der Waals surface area contributed by atoms with Crippen LogP contribution in [0.4, 0.5) is 5.95 Å². The molecule has 1 N–H and O–H groups in total. The van der Waals surface area contributed by atoms with Gasteiger partial charge in [-0.1, -0.05) is 47.7 Å². The highest BCUT2D eigenvalue weighted by molar-refractivity contribution is 7.98. The number of allylic oxidation sites excluding steroid dienone is 2. The molecule has 0 bridgehead atoms. The summed E-state index contributed by atoms with van der Waals surface area (Å²) in [4.78, 5) is 17.1. The lowest BCUT2D eigenvalue weighted by molar-refractivity contribution is -0.123. The number of benzene rings is 1. The number of carbonyl (C=O) groups is 1. The minimum atomic E-state index is -0.199. The monoisotopic (exact) mass is 326 g/mol. The second-order valence-electron chi connectivity index (χ2n) is 5.99. The number of fused-ring (bicyclic) bond motifs is 2. The summed E-state index contributed by atoms with van der Waals surface area (Å²) in [6.45, 7) is 2.07. The summed E-state index contributed by atoms with van der Waals surface area (Å²) in [5.41, 5.74) is 3.28. The summed E-state index contributed by atoms with van der Waals surface area (Å²) in [6, 6.07) is 8.23. The summed E-state index contributed by atoms with van der Waals surface area (Å²) in [7, 11) is 0. The molecule has 0 saturated heterocycles. The molecule has 6 heteroatoms. The molecule has 0 unspecified atom stereocenters. The van der Waals surface area contributed by atoms with Crippen molar-refractivity contribution in [3.63, 3.8) is 0 Å². The Morgan fingerprint density at radius 3 is 2.83 bits per heavy atom. The molecule has 0 saturated carbocycles.